The van der Waals surface area contributed by atoms with Crippen LogP contribution in [0.4, 0.5) is 10.5 Å². The second-order valence-corrected chi connectivity index (χ2v) is 5.52. The molecule has 3 N–H and O–H groups in total. The number of hydrogen-bond donors (Lipinski definition) is 2. The van der Waals surface area contributed by atoms with E-state index >= 15 is 0 Å². The van der Waals surface area contributed by atoms with Crippen molar-refractivity contribution in [1.82, 2.24) is 5.32 Å². The number of amides is 1. The molecule has 0 radical (unpaired) electrons. The fourth-order valence-corrected chi connectivity index (χ4v) is 1.76. The van der Waals surface area contributed by atoms with Gasteiger partial charge in [-0.3, -0.25) is 0 Å². The normalized spacial score (nSPS) is 11.1. The molecule has 0 bridgehead atoms. The second-order valence-electron chi connectivity index (χ2n) is 4.66. The molecular weight excluding hydrogens is 284 g/mol. The van der Waals surface area contributed by atoms with Crippen LogP contribution in [0.1, 0.15) is 26.3 Å². The lowest BCUT2D eigenvalue weighted by molar-refractivity contribution is 0.0523. The Morgan fingerprint density at radius 3 is 2.65 bits per heavy atom. The van der Waals surface area contributed by atoms with Crippen molar-refractivity contribution in [3.63, 3.8) is 0 Å². The monoisotopic (exact) mass is 300 g/mol. The molecule has 5 heteroatoms. The van der Waals surface area contributed by atoms with Crippen molar-refractivity contribution >= 4 is 27.7 Å². The highest BCUT2D eigenvalue weighted by molar-refractivity contribution is 9.10. The van der Waals surface area contributed by atoms with Gasteiger partial charge in [-0.25, -0.2) is 4.79 Å². The van der Waals surface area contributed by atoms with Gasteiger partial charge in [0, 0.05) is 22.3 Å². The van der Waals surface area contributed by atoms with Crippen molar-refractivity contribution in [3.05, 3.63) is 28.2 Å². The SMILES string of the molecule is CC(C)(C)OC(=O)NCc1c(N)cccc1Br. The van der Waals surface area contributed by atoms with E-state index in [1.54, 1.807) is 6.07 Å². The van der Waals surface area contributed by atoms with Gasteiger partial charge in [0.1, 0.15) is 5.60 Å². The van der Waals surface area contributed by atoms with Crippen molar-refractivity contribution in [2.45, 2.75) is 32.9 Å². The van der Waals surface area contributed by atoms with Gasteiger partial charge in [-0.1, -0.05) is 22.0 Å². The molecule has 0 fully saturated rings. The highest BCUT2D eigenvalue weighted by atomic mass is 79.9. The van der Waals surface area contributed by atoms with Crippen LogP contribution in [0.25, 0.3) is 0 Å². The van der Waals surface area contributed by atoms with Crippen molar-refractivity contribution in [2.24, 2.45) is 0 Å². The van der Waals surface area contributed by atoms with Gasteiger partial charge in [-0.05, 0) is 32.9 Å². The predicted octanol–water partition coefficient (Wildman–Crippen LogP) is 3.06. The van der Waals surface area contributed by atoms with Crippen molar-refractivity contribution in [1.29, 1.82) is 0 Å². The van der Waals surface area contributed by atoms with E-state index in [1.807, 2.05) is 32.9 Å². The standard InChI is InChI=1S/C12H17BrN2O2/c1-12(2,3)17-11(16)15-7-8-9(13)5-4-6-10(8)14/h4-6H,7,14H2,1-3H3,(H,15,16). The molecule has 1 aromatic carbocycles. The summed E-state index contributed by atoms with van der Waals surface area (Å²) in [5.74, 6) is 0. The van der Waals surface area contributed by atoms with Crippen LogP contribution in [0.3, 0.4) is 0 Å². The van der Waals surface area contributed by atoms with Gasteiger partial charge in [0.05, 0.1) is 0 Å². The summed E-state index contributed by atoms with van der Waals surface area (Å²) in [6, 6.07) is 5.51. The molecule has 94 valence electrons. The smallest absolute Gasteiger partial charge is 0.407 e. The minimum Gasteiger partial charge on any atom is -0.444 e. The first kappa shape index (κ1) is 13.8. The Balaban J connectivity index is 2.59. The Morgan fingerprint density at radius 2 is 2.12 bits per heavy atom. The van der Waals surface area contributed by atoms with E-state index in [4.69, 9.17) is 10.5 Å². The zero-order valence-electron chi connectivity index (χ0n) is 10.2. The van der Waals surface area contributed by atoms with Crippen molar-refractivity contribution in [2.75, 3.05) is 5.73 Å². The third-order valence-electron chi connectivity index (χ3n) is 1.96. The van der Waals surface area contributed by atoms with E-state index in [-0.39, 0.29) is 0 Å². The van der Waals surface area contributed by atoms with E-state index in [2.05, 4.69) is 21.2 Å². The van der Waals surface area contributed by atoms with Gasteiger partial charge in [0.15, 0.2) is 0 Å². The molecule has 0 aliphatic carbocycles. The Labute approximate surface area is 110 Å². The van der Waals surface area contributed by atoms with Crippen LogP contribution in [0.2, 0.25) is 0 Å². The number of hydrogen-bond acceptors (Lipinski definition) is 3. The van der Waals surface area contributed by atoms with E-state index in [9.17, 15) is 4.79 Å². The summed E-state index contributed by atoms with van der Waals surface area (Å²) in [6.45, 7) is 5.79. The highest BCUT2D eigenvalue weighted by Gasteiger charge is 2.16. The first-order chi connectivity index (χ1) is 7.79. The number of alkyl carbamates (subject to hydrolysis) is 1. The number of halogens is 1. The molecule has 17 heavy (non-hydrogen) atoms. The maximum absolute atomic E-state index is 11.5. The molecular formula is C12H17BrN2O2. The minimum absolute atomic E-state index is 0.335. The van der Waals surface area contributed by atoms with Gasteiger partial charge in [-0.2, -0.15) is 0 Å². The summed E-state index contributed by atoms with van der Waals surface area (Å²) in [5.41, 5.74) is 6.80. The third-order valence-corrected chi connectivity index (χ3v) is 2.71. The van der Waals surface area contributed by atoms with Crippen LogP contribution < -0.4 is 11.1 Å². The lowest BCUT2D eigenvalue weighted by Crippen LogP contribution is -2.32. The first-order valence-corrected chi connectivity index (χ1v) is 6.08. The lowest BCUT2D eigenvalue weighted by atomic mass is 10.2. The molecule has 0 saturated carbocycles. The van der Waals surface area contributed by atoms with Crippen LogP contribution in [0, 0.1) is 0 Å². The fourth-order valence-electron chi connectivity index (χ4n) is 1.24. The van der Waals surface area contributed by atoms with E-state index < -0.39 is 11.7 Å². The third kappa shape index (κ3) is 4.65. The zero-order chi connectivity index (χ0) is 13.1. The first-order valence-electron chi connectivity index (χ1n) is 5.29. The number of nitrogens with one attached hydrogen (secondary N) is 1. The molecule has 1 aromatic rings. The molecule has 0 atom stereocenters. The number of carbonyl (C=O) groups excluding carboxylic acids is 1. The summed E-state index contributed by atoms with van der Waals surface area (Å²) in [5, 5.41) is 2.67. The number of nitrogens with two attached hydrogens (primary N) is 1. The Kier molecular flexibility index (Phi) is 4.40. The topological polar surface area (TPSA) is 64.3 Å². The number of rotatable bonds is 2. The molecule has 0 aromatic heterocycles. The Morgan fingerprint density at radius 1 is 1.47 bits per heavy atom. The van der Waals surface area contributed by atoms with Gasteiger partial charge in [0.2, 0.25) is 0 Å². The van der Waals surface area contributed by atoms with E-state index in [0.29, 0.717) is 12.2 Å². The number of anilines is 1. The molecule has 0 aliphatic heterocycles. The predicted molar refractivity (Wildman–Crippen MR) is 71.6 cm³/mol. The zero-order valence-corrected chi connectivity index (χ0v) is 11.8. The van der Waals surface area contributed by atoms with E-state index in [0.717, 1.165) is 10.0 Å². The number of benzene rings is 1. The van der Waals surface area contributed by atoms with Gasteiger partial charge < -0.3 is 15.8 Å². The maximum Gasteiger partial charge on any atom is 0.407 e. The number of nitrogen functional groups attached to an aromatic ring is 1. The van der Waals surface area contributed by atoms with Gasteiger partial charge >= 0.3 is 6.09 Å². The molecule has 0 unspecified atom stereocenters. The summed E-state index contributed by atoms with van der Waals surface area (Å²) in [4.78, 5) is 11.5. The van der Waals surface area contributed by atoms with Crippen molar-refractivity contribution < 1.29 is 9.53 Å². The molecule has 0 aliphatic rings. The van der Waals surface area contributed by atoms with E-state index in [1.165, 1.54) is 0 Å². The van der Waals surface area contributed by atoms with Crippen LogP contribution in [-0.4, -0.2) is 11.7 Å². The van der Waals surface area contributed by atoms with Crippen LogP contribution in [0.5, 0.6) is 0 Å². The second kappa shape index (κ2) is 5.40. The Hall–Kier alpha value is -1.23. The van der Waals surface area contributed by atoms with Crippen LogP contribution in [-0.2, 0) is 11.3 Å². The van der Waals surface area contributed by atoms with Crippen LogP contribution >= 0.6 is 15.9 Å². The number of ether oxygens (including phenoxy) is 1. The lowest BCUT2D eigenvalue weighted by Gasteiger charge is -2.20. The molecule has 0 spiro atoms. The average molecular weight is 301 g/mol. The highest BCUT2D eigenvalue weighted by Crippen LogP contribution is 2.22. The molecule has 0 heterocycles. The maximum atomic E-state index is 11.5. The summed E-state index contributed by atoms with van der Waals surface area (Å²) in [6.07, 6.45) is -0.451. The fraction of sp³-hybridized carbons (Fsp3) is 0.417. The van der Waals surface area contributed by atoms with Crippen LogP contribution in [0.15, 0.2) is 22.7 Å². The Bertz CT molecular complexity index is 393. The molecule has 0 saturated heterocycles. The molecule has 4 nitrogen and oxygen atoms in total. The molecule has 1 rings (SSSR count). The molecule has 1 amide bonds. The number of carbonyl (C=O) groups is 1. The summed E-state index contributed by atoms with van der Waals surface area (Å²) < 4.78 is 6.00. The summed E-state index contributed by atoms with van der Waals surface area (Å²) >= 11 is 3.39. The van der Waals surface area contributed by atoms with Crippen molar-refractivity contribution in [3.8, 4) is 0 Å². The summed E-state index contributed by atoms with van der Waals surface area (Å²) in [7, 11) is 0. The average Bonchev–Trinajstić information content (AvgIpc) is 2.14. The van der Waals surface area contributed by atoms with Gasteiger partial charge in [-0.15, -0.1) is 0 Å². The van der Waals surface area contributed by atoms with Gasteiger partial charge in [0.25, 0.3) is 0 Å². The largest absolute Gasteiger partial charge is 0.444 e. The minimum atomic E-state index is -0.496. The quantitative estimate of drug-likeness (QED) is 0.825.